The van der Waals surface area contributed by atoms with Crippen molar-refractivity contribution in [3.8, 4) is 0 Å². The second-order valence-electron chi connectivity index (χ2n) is 4.78. The molecule has 0 aliphatic heterocycles. The number of amides is 1. The topological polar surface area (TPSA) is 84.9 Å². The molecule has 0 heterocycles. The number of carboxylic acid groups (broad SMARTS) is 1. The standard InChI is InChI=1S/C15H27NO5/c1-3-4-5-6-7-8-9-13(15(18)19)16-14(17)12-21-11-10-20-2/h3,13H,1,4-12H2,2H3,(H,16,17)(H,18,19)/t13-/m1/s1. The van der Waals surface area contributed by atoms with E-state index in [1.54, 1.807) is 7.11 Å². The summed E-state index contributed by atoms with van der Waals surface area (Å²) in [6.07, 6.45) is 7.15. The third-order valence-electron chi connectivity index (χ3n) is 2.95. The molecule has 0 aromatic rings. The van der Waals surface area contributed by atoms with Crippen LogP contribution in [-0.4, -0.2) is 50.0 Å². The molecule has 1 atom stereocenters. The molecule has 0 radical (unpaired) electrons. The number of ether oxygens (including phenoxy) is 2. The van der Waals surface area contributed by atoms with Crippen molar-refractivity contribution in [1.82, 2.24) is 5.32 Å². The summed E-state index contributed by atoms with van der Waals surface area (Å²) in [4.78, 5) is 22.6. The molecule has 0 bridgehead atoms. The summed E-state index contributed by atoms with van der Waals surface area (Å²) in [7, 11) is 1.54. The number of carbonyl (C=O) groups is 2. The first kappa shape index (κ1) is 19.6. The fourth-order valence-corrected chi connectivity index (χ4v) is 1.79. The van der Waals surface area contributed by atoms with Gasteiger partial charge in [0, 0.05) is 7.11 Å². The van der Waals surface area contributed by atoms with Gasteiger partial charge in [0.25, 0.3) is 0 Å². The molecular weight excluding hydrogens is 274 g/mol. The number of carboxylic acids is 1. The molecular formula is C15H27NO5. The first-order chi connectivity index (χ1) is 10.1. The van der Waals surface area contributed by atoms with Gasteiger partial charge in [0.15, 0.2) is 0 Å². The number of rotatable bonds is 14. The summed E-state index contributed by atoms with van der Waals surface area (Å²) in [5.74, 6) is -1.42. The largest absolute Gasteiger partial charge is 0.480 e. The SMILES string of the molecule is C=CCCCCCC[C@@H](NC(=O)COCCOC)C(=O)O. The van der Waals surface area contributed by atoms with Gasteiger partial charge >= 0.3 is 5.97 Å². The number of unbranched alkanes of at least 4 members (excludes halogenated alkanes) is 4. The second-order valence-corrected chi connectivity index (χ2v) is 4.78. The highest BCUT2D eigenvalue weighted by molar-refractivity contribution is 5.84. The van der Waals surface area contributed by atoms with E-state index in [4.69, 9.17) is 14.6 Å². The van der Waals surface area contributed by atoms with Gasteiger partial charge in [-0.2, -0.15) is 0 Å². The number of allylic oxidation sites excluding steroid dienone is 1. The average molecular weight is 301 g/mol. The van der Waals surface area contributed by atoms with E-state index in [2.05, 4.69) is 11.9 Å². The van der Waals surface area contributed by atoms with Crippen LogP contribution in [0.25, 0.3) is 0 Å². The van der Waals surface area contributed by atoms with E-state index in [1.807, 2.05) is 6.08 Å². The molecule has 0 unspecified atom stereocenters. The quantitative estimate of drug-likeness (QED) is 0.377. The van der Waals surface area contributed by atoms with Crippen molar-refractivity contribution >= 4 is 11.9 Å². The van der Waals surface area contributed by atoms with Crippen LogP contribution in [0.5, 0.6) is 0 Å². The van der Waals surface area contributed by atoms with Gasteiger partial charge in [-0.05, 0) is 19.3 Å². The zero-order valence-corrected chi connectivity index (χ0v) is 12.8. The molecule has 0 aromatic carbocycles. The van der Waals surface area contributed by atoms with Crippen LogP contribution in [0, 0.1) is 0 Å². The molecule has 0 rings (SSSR count). The van der Waals surface area contributed by atoms with Crippen LogP contribution in [-0.2, 0) is 19.1 Å². The number of nitrogens with one attached hydrogen (secondary N) is 1. The Balaban J connectivity index is 3.82. The van der Waals surface area contributed by atoms with E-state index in [1.165, 1.54) is 0 Å². The smallest absolute Gasteiger partial charge is 0.326 e. The zero-order valence-electron chi connectivity index (χ0n) is 12.8. The predicted molar refractivity (Wildman–Crippen MR) is 80.2 cm³/mol. The number of methoxy groups -OCH3 is 1. The molecule has 1 amide bonds. The first-order valence-electron chi connectivity index (χ1n) is 7.31. The summed E-state index contributed by atoms with van der Waals surface area (Å²) >= 11 is 0. The maximum absolute atomic E-state index is 11.5. The van der Waals surface area contributed by atoms with Crippen molar-refractivity contribution in [1.29, 1.82) is 0 Å². The highest BCUT2D eigenvalue weighted by atomic mass is 16.5. The van der Waals surface area contributed by atoms with Crippen LogP contribution in [0.2, 0.25) is 0 Å². The lowest BCUT2D eigenvalue weighted by atomic mass is 10.1. The average Bonchev–Trinajstić information content (AvgIpc) is 2.45. The summed E-state index contributed by atoms with van der Waals surface area (Å²) in [6, 6.07) is -0.845. The predicted octanol–water partition coefficient (Wildman–Crippen LogP) is 1.75. The maximum atomic E-state index is 11.5. The third kappa shape index (κ3) is 12.1. The van der Waals surface area contributed by atoms with Gasteiger partial charge in [0.1, 0.15) is 12.6 Å². The van der Waals surface area contributed by atoms with E-state index in [0.29, 0.717) is 19.6 Å². The lowest BCUT2D eigenvalue weighted by Gasteiger charge is -2.14. The van der Waals surface area contributed by atoms with Crippen molar-refractivity contribution in [2.45, 2.75) is 44.6 Å². The Labute approximate surface area is 126 Å². The number of hydrogen-bond donors (Lipinski definition) is 2. The number of aliphatic carboxylic acids is 1. The Kier molecular flexibility index (Phi) is 12.7. The molecule has 2 N–H and O–H groups in total. The molecule has 122 valence electrons. The van der Waals surface area contributed by atoms with E-state index in [9.17, 15) is 9.59 Å². The van der Waals surface area contributed by atoms with Crippen molar-refractivity contribution < 1.29 is 24.2 Å². The van der Waals surface area contributed by atoms with Gasteiger partial charge in [0.2, 0.25) is 5.91 Å². The lowest BCUT2D eigenvalue weighted by Crippen LogP contribution is -2.42. The highest BCUT2D eigenvalue weighted by Gasteiger charge is 2.19. The molecule has 0 saturated carbocycles. The van der Waals surface area contributed by atoms with Crippen LogP contribution in [0.3, 0.4) is 0 Å². The van der Waals surface area contributed by atoms with Crippen molar-refractivity contribution in [2.75, 3.05) is 26.9 Å². The van der Waals surface area contributed by atoms with E-state index < -0.39 is 17.9 Å². The first-order valence-corrected chi connectivity index (χ1v) is 7.31. The van der Waals surface area contributed by atoms with Crippen LogP contribution >= 0.6 is 0 Å². The fraction of sp³-hybridized carbons (Fsp3) is 0.733. The molecule has 6 heteroatoms. The summed E-state index contributed by atoms with van der Waals surface area (Å²) in [5.41, 5.74) is 0. The summed E-state index contributed by atoms with van der Waals surface area (Å²) in [6.45, 7) is 4.22. The monoisotopic (exact) mass is 301 g/mol. The van der Waals surface area contributed by atoms with Gasteiger partial charge in [-0.15, -0.1) is 6.58 Å². The highest BCUT2D eigenvalue weighted by Crippen LogP contribution is 2.08. The molecule has 0 aliphatic rings. The Morgan fingerprint density at radius 3 is 2.57 bits per heavy atom. The fourth-order valence-electron chi connectivity index (χ4n) is 1.79. The Morgan fingerprint density at radius 1 is 1.24 bits per heavy atom. The van der Waals surface area contributed by atoms with E-state index in [0.717, 1.165) is 32.1 Å². The Bertz CT molecular complexity index is 306. The van der Waals surface area contributed by atoms with Crippen LogP contribution in [0.1, 0.15) is 38.5 Å². The third-order valence-corrected chi connectivity index (χ3v) is 2.95. The minimum Gasteiger partial charge on any atom is -0.480 e. The number of hydrogen-bond acceptors (Lipinski definition) is 4. The molecule has 0 fully saturated rings. The van der Waals surface area contributed by atoms with Crippen molar-refractivity contribution in [3.05, 3.63) is 12.7 Å². The Morgan fingerprint density at radius 2 is 1.95 bits per heavy atom. The van der Waals surface area contributed by atoms with Gasteiger partial charge in [-0.3, -0.25) is 4.79 Å². The second kappa shape index (κ2) is 13.6. The lowest BCUT2D eigenvalue weighted by molar-refractivity contribution is -0.142. The Hall–Kier alpha value is -1.40. The molecule has 0 aliphatic carbocycles. The molecule has 0 saturated heterocycles. The van der Waals surface area contributed by atoms with Crippen LogP contribution < -0.4 is 5.32 Å². The summed E-state index contributed by atoms with van der Waals surface area (Å²) < 4.78 is 9.83. The van der Waals surface area contributed by atoms with E-state index >= 15 is 0 Å². The maximum Gasteiger partial charge on any atom is 0.326 e. The van der Waals surface area contributed by atoms with Gasteiger partial charge in [0.05, 0.1) is 13.2 Å². The zero-order chi connectivity index (χ0) is 15.9. The molecule has 0 spiro atoms. The van der Waals surface area contributed by atoms with Gasteiger partial charge in [-0.25, -0.2) is 4.79 Å². The van der Waals surface area contributed by atoms with Crippen molar-refractivity contribution in [2.24, 2.45) is 0 Å². The normalized spacial score (nSPS) is 11.9. The van der Waals surface area contributed by atoms with Gasteiger partial charge < -0.3 is 19.9 Å². The van der Waals surface area contributed by atoms with Crippen LogP contribution in [0.4, 0.5) is 0 Å². The molecule has 6 nitrogen and oxygen atoms in total. The molecule has 0 aromatic heterocycles. The van der Waals surface area contributed by atoms with E-state index in [-0.39, 0.29) is 6.61 Å². The minimum atomic E-state index is -1.01. The van der Waals surface area contributed by atoms with Crippen LogP contribution in [0.15, 0.2) is 12.7 Å². The summed E-state index contributed by atoms with van der Waals surface area (Å²) in [5, 5.41) is 11.6. The van der Waals surface area contributed by atoms with Gasteiger partial charge in [-0.1, -0.05) is 25.3 Å². The minimum absolute atomic E-state index is 0.146. The number of carbonyl (C=O) groups excluding carboxylic acids is 1. The van der Waals surface area contributed by atoms with Crippen molar-refractivity contribution in [3.63, 3.8) is 0 Å². The molecule has 21 heavy (non-hydrogen) atoms.